The second-order valence-electron chi connectivity index (χ2n) is 12.9. The average molecular weight is 516 g/mol. The van der Waals surface area contributed by atoms with Crippen molar-refractivity contribution in [3.8, 4) is 0 Å². The average Bonchev–Trinajstić information content (AvgIpc) is 3.20. The highest BCUT2D eigenvalue weighted by molar-refractivity contribution is 5.93. The number of hydrogen-bond donors (Lipinski definition) is 1. The van der Waals surface area contributed by atoms with Crippen molar-refractivity contribution in [3.63, 3.8) is 0 Å². The quantitative estimate of drug-likeness (QED) is 0.271. The van der Waals surface area contributed by atoms with Gasteiger partial charge in [0.1, 0.15) is 17.3 Å². The molecule has 0 amide bonds. The summed E-state index contributed by atoms with van der Waals surface area (Å²) in [5.41, 5.74) is 4.78. The van der Waals surface area contributed by atoms with Gasteiger partial charge >= 0.3 is 11.9 Å². The largest absolute Gasteiger partial charge is 0.393 e. The molecular formula is C30H45NO6. The first-order valence-corrected chi connectivity index (χ1v) is 14.5. The number of rotatable bonds is 9. The van der Waals surface area contributed by atoms with Crippen molar-refractivity contribution in [2.24, 2.45) is 52.1 Å². The van der Waals surface area contributed by atoms with Gasteiger partial charge in [0.25, 0.3) is 0 Å². The fraction of sp³-hybridized carbons (Fsp3) is 0.833. The van der Waals surface area contributed by atoms with Gasteiger partial charge in [0.15, 0.2) is 0 Å². The molecule has 4 rings (SSSR count). The fourth-order valence-corrected chi connectivity index (χ4v) is 8.76. The Kier molecular flexibility index (Phi) is 8.42. The Balaban J connectivity index is 1.39. The minimum absolute atomic E-state index is 0.0381. The molecule has 0 aromatic heterocycles. The molecule has 0 aromatic rings. The first-order valence-electron chi connectivity index (χ1n) is 14.5. The number of unbranched alkanes of at least 4 members (excludes halogenated alkanes) is 2. The van der Waals surface area contributed by atoms with Gasteiger partial charge in [-0.05, 0) is 80.1 Å². The minimum Gasteiger partial charge on any atom is -0.393 e. The second-order valence-corrected chi connectivity index (χ2v) is 12.9. The Morgan fingerprint density at radius 3 is 2.43 bits per heavy atom. The van der Waals surface area contributed by atoms with E-state index in [0.29, 0.717) is 45.1 Å². The van der Waals surface area contributed by atoms with Crippen molar-refractivity contribution in [1.82, 2.24) is 0 Å². The lowest BCUT2D eigenvalue weighted by molar-refractivity contribution is -0.166. The molecule has 0 radical (unpaired) electrons. The molecular weight excluding hydrogens is 470 g/mol. The summed E-state index contributed by atoms with van der Waals surface area (Å²) in [5.74, 6) is 0.0515. The molecule has 4 aliphatic carbocycles. The highest BCUT2D eigenvalue weighted by atomic mass is 16.6. The van der Waals surface area contributed by atoms with Gasteiger partial charge in [-0.1, -0.05) is 27.2 Å². The molecule has 4 fully saturated rings. The lowest BCUT2D eigenvalue weighted by atomic mass is 9.44. The maximum atomic E-state index is 13.9. The van der Waals surface area contributed by atoms with Crippen molar-refractivity contribution >= 4 is 29.3 Å². The van der Waals surface area contributed by atoms with Crippen LogP contribution in [0, 0.1) is 46.3 Å². The van der Waals surface area contributed by atoms with Gasteiger partial charge in [-0.2, -0.15) is 0 Å². The molecule has 4 aliphatic rings. The zero-order valence-electron chi connectivity index (χ0n) is 22.9. The van der Waals surface area contributed by atoms with Gasteiger partial charge in [0.05, 0.1) is 0 Å². The second kappa shape index (κ2) is 11.1. The Hall–Kier alpha value is -1.89. The van der Waals surface area contributed by atoms with Crippen LogP contribution in [0.25, 0.3) is 0 Å². The topological polar surface area (TPSA) is 121 Å². The molecule has 7 heteroatoms. The molecule has 0 saturated heterocycles. The zero-order valence-corrected chi connectivity index (χ0v) is 22.9. The van der Waals surface area contributed by atoms with Crippen LogP contribution in [-0.4, -0.2) is 35.8 Å². The summed E-state index contributed by atoms with van der Waals surface area (Å²) in [6, 6.07) is 0. The summed E-state index contributed by atoms with van der Waals surface area (Å²) in [5, 5.41) is 0. The summed E-state index contributed by atoms with van der Waals surface area (Å²) in [6.45, 7) is 6.97. The highest BCUT2D eigenvalue weighted by Gasteiger charge is 2.66. The number of Topliss-reactive ketones (excluding diaryl/α,β-unsaturated/α-hetero) is 3. The molecule has 37 heavy (non-hydrogen) atoms. The van der Waals surface area contributed by atoms with E-state index in [1.54, 1.807) is 0 Å². The summed E-state index contributed by atoms with van der Waals surface area (Å²) in [4.78, 5) is 63.8. The molecule has 0 aromatic carbocycles. The van der Waals surface area contributed by atoms with Crippen molar-refractivity contribution in [1.29, 1.82) is 0 Å². The van der Waals surface area contributed by atoms with Gasteiger partial charge in [0, 0.05) is 49.9 Å². The highest BCUT2D eigenvalue weighted by Crippen LogP contribution is 2.66. The molecule has 4 saturated carbocycles. The Bertz CT molecular complexity index is 944. The number of carbonyl (C=O) groups is 5. The van der Waals surface area contributed by atoms with E-state index in [0.717, 1.165) is 32.1 Å². The van der Waals surface area contributed by atoms with Gasteiger partial charge in [0.2, 0.25) is 0 Å². The fourth-order valence-electron chi connectivity index (χ4n) is 8.76. The third kappa shape index (κ3) is 5.22. The van der Waals surface area contributed by atoms with E-state index in [1.165, 1.54) is 0 Å². The number of hydrogen-bond acceptors (Lipinski definition) is 7. The summed E-state index contributed by atoms with van der Waals surface area (Å²) >= 11 is 0. The Labute approximate surface area is 221 Å². The number of carbonyl (C=O) groups excluding carboxylic acids is 5. The van der Waals surface area contributed by atoms with Crippen molar-refractivity contribution in [2.75, 3.05) is 6.54 Å². The molecule has 0 bridgehead atoms. The van der Waals surface area contributed by atoms with Gasteiger partial charge in [-0.3, -0.25) is 24.0 Å². The molecule has 206 valence electrons. The molecule has 8 atom stereocenters. The maximum Gasteiger partial charge on any atom is 0.313 e. The zero-order chi connectivity index (χ0) is 27.0. The number of esters is 2. The number of nitrogens with two attached hydrogens (primary N) is 1. The first kappa shape index (κ1) is 28.1. The Morgan fingerprint density at radius 2 is 1.70 bits per heavy atom. The number of ether oxygens (including phenoxy) is 1. The predicted octanol–water partition coefficient (Wildman–Crippen LogP) is 4.58. The van der Waals surface area contributed by atoms with Crippen molar-refractivity contribution in [3.05, 3.63) is 0 Å². The van der Waals surface area contributed by atoms with E-state index >= 15 is 0 Å². The van der Waals surface area contributed by atoms with Crippen LogP contribution < -0.4 is 5.73 Å². The van der Waals surface area contributed by atoms with Crippen LogP contribution in [0.3, 0.4) is 0 Å². The van der Waals surface area contributed by atoms with Crippen LogP contribution in [0.15, 0.2) is 0 Å². The third-order valence-corrected chi connectivity index (χ3v) is 11.0. The number of ketones is 3. The lowest BCUT2D eigenvalue weighted by Crippen LogP contribution is -2.60. The molecule has 0 unspecified atom stereocenters. The lowest BCUT2D eigenvalue weighted by Gasteiger charge is -2.58. The smallest absolute Gasteiger partial charge is 0.313 e. The van der Waals surface area contributed by atoms with Crippen LogP contribution in [-0.2, 0) is 28.7 Å². The molecule has 2 N–H and O–H groups in total. The van der Waals surface area contributed by atoms with Crippen molar-refractivity contribution in [2.45, 2.75) is 104 Å². The van der Waals surface area contributed by atoms with E-state index in [2.05, 4.69) is 20.8 Å². The predicted molar refractivity (Wildman–Crippen MR) is 138 cm³/mol. The van der Waals surface area contributed by atoms with Gasteiger partial charge < -0.3 is 10.5 Å². The van der Waals surface area contributed by atoms with Crippen LogP contribution in [0.2, 0.25) is 0 Å². The Morgan fingerprint density at radius 1 is 0.973 bits per heavy atom. The minimum atomic E-state index is -0.563. The third-order valence-electron chi connectivity index (χ3n) is 11.0. The van der Waals surface area contributed by atoms with E-state index in [9.17, 15) is 24.0 Å². The monoisotopic (exact) mass is 515 g/mol. The molecule has 0 spiro atoms. The van der Waals surface area contributed by atoms with Crippen LogP contribution in [0.5, 0.6) is 0 Å². The van der Waals surface area contributed by atoms with Crippen molar-refractivity contribution < 1.29 is 28.7 Å². The van der Waals surface area contributed by atoms with Crippen LogP contribution in [0.4, 0.5) is 0 Å². The molecule has 7 nitrogen and oxygen atoms in total. The van der Waals surface area contributed by atoms with E-state index in [1.807, 2.05) is 0 Å². The molecule has 0 heterocycles. The SMILES string of the molecule is C[C@H](CCC(=O)OC(=O)CCCCCN)[C@H]1CC[C@H]2[C@@H]3C(=O)C[C@@H]4CC(=O)CC[C@]4(C)[C@H]3CC(=O)[C@]12C. The summed E-state index contributed by atoms with van der Waals surface area (Å²) in [7, 11) is 0. The van der Waals surface area contributed by atoms with E-state index < -0.39 is 17.4 Å². The summed E-state index contributed by atoms with van der Waals surface area (Å²) < 4.78 is 5.01. The van der Waals surface area contributed by atoms with E-state index in [4.69, 9.17) is 10.5 Å². The van der Waals surface area contributed by atoms with Crippen LogP contribution in [0.1, 0.15) is 104 Å². The van der Waals surface area contributed by atoms with Gasteiger partial charge in [-0.15, -0.1) is 0 Å². The normalized spacial score (nSPS) is 37.9. The number of fused-ring (bicyclic) bond motifs is 5. The van der Waals surface area contributed by atoms with Crippen LogP contribution >= 0.6 is 0 Å². The first-order chi connectivity index (χ1) is 17.5. The maximum absolute atomic E-state index is 13.9. The van der Waals surface area contributed by atoms with Gasteiger partial charge in [-0.25, -0.2) is 0 Å². The summed E-state index contributed by atoms with van der Waals surface area (Å²) in [6.07, 6.45) is 7.75. The van der Waals surface area contributed by atoms with E-state index in [-0.39, 0.29) is 71.1 Å². The standard InChI is InChI=1S/C30H45NO6/c1-18(8-11-27(36)37-26(35)7-5-4-6-14-31)21-9-10-22-28-23(17-25(34)30(21,22)3)29(2)13-12-20(32)15-19(29)16-24(28)33/h18-19,21-23,28H,4-17,31H2,1-3H3/t18-,19+,21-,22+,23+,28+,29+,30-/m1/s1. The molecule has 0 aliphatic heterocycles.